The lowest BCUT2D eigenvalue weighted by atomic mass is 9.89. The Labute approximate surface area is 160 Å². The van der Waals surface area contributed by atoms with Crippen molar-refractivity contribution < 1.29 is 13.2 Å². The van der Waals surface area contributed by atoms with Crippen molar-refractivity contribution in [2.45, 2.75) is 45.7 Å². The number of hydrogen-bond acceptors (Lipinski definition) is 3. The van der Waals surface area contributed by atoms with Crippen LogP contribution in [0.25, 0.3) is 11.3 Å². The normalized spacial score (nSPS) is 18.9. The molecular weight excluding hydrogens is 367 g/mol. The van der Waals surface area contributed by atoms with Gasteiger partial charge in [-0.2, -0.15) is 28.2 Å². The van der Waals surface area contributed by atoms with Crippen LogP contribution in [0.1, 0.15) is 49.3 Å². The van der Waals surface area contributed by atoms with Crippen LogP contribution in [0.2, 0.25) is 0 Å². The minimum Gasteiger partial charge on any atom is -0.266 e. The summed E-state index contributed by atoms with van der Waals surface area (Å²) in [7, 11) is 0. The van der Waals surface area contributed by atoms with Gasteiger partial charge in [0.15, 0.2) is 0 Å². The van der Waals surface area contributed by atoms with Gasteiger partial charge in [0, 0.05) is 11.3 Å². The van der Waals surface area contributed by atoms with Crippen molar-refractivity contribution in [3.8, 4) is 17.3 Å². The Hall–Kier alpha value is -2.88. The summed E-state index contributed by atoms with van der Waals surface area (Å²) in [5, 5.41) is 13.7. The summed E-state index contributed by atoms with van der Waals surface area (Å²) in [5.74, 6) is 0.137. The molecule has 1 aromatic carbocycles. The lowest BCUT2D eigenvalue weighted by Gasteiger charge is -2.22. The van der Waals surface area contributed by atoms with E-state index >= 15 is 0 Å². The van der Waals surface area contributed by atoms with Gasteiger partial charge in [-0.25, -0.2) is 0 Å². The number of benzene rings is 1. The van der Waals surface area contributed by atoms with E-state index in [1.807, 2.05) is 6.92 Å². The molecular formula is C21H20F3N3O. The highest BCUT2D eigenvalue weighted by Gasteiger charge is 2.37. The molecule has 4 nitrogen and oxygen atoms in total. The van der Waals surface area contributed by atoms with Gasteiger partial charge in [0.2, 0.25) is 0 Å². The quantitative estimate of drug-likeness (QED) is 0.717. The van der Waals surface area contributed by atoms with E-state index in [-0.39, 0.29) is 11.6 Å². The summed E-state index contributed by atoms with van der Waals surface area (Å²) in [5.41, 5.74) is -1.20. The molecule has 28 heavy (non-hydrogen) atoms. The maximum atomic E-state index is 13.5. The van der Waals surface area contributed by atoms with Crippen molar-refractivity contribution >= 4 is 5.71 Å². The van der Waals surface area contributed by atoms with Gasteiger partial charge in [0.05, 0.1) is 11.3 Å². The van der Waals surface area contributed by atoms with E-state index in [4.69, 9.17) is 0 Å². The highest BCUT2D eigenvalue weighted by molar-refractivity contribution is 5.87. The van der Waals surface area contributed by atoms with Gasteiger partial charge in [0.1, 0.15) is 11.6 Å². The second-order valence-electron chi connectivity index (χ2n) is 7.10. The largest absolute Gasteiger partial charge is 0.417 e. The fraction of sp³-hybridized carbons (Fsp3) is 0.381. The molecule has 1 aliphatic carbocycles. The van der Waals surface area contributed by atoms with E-state index in [1.54, 1.807) is 31.2 Å². The van der Waals surface area contributed by atoms with E-state index < -0.39 is 22.9 Å². The molecule has 0 radical (unpaired) electrons. The van der Waals surface area contributed by atoms with Crippen molar-refractivity contribution in [1.29, 1.82) is 5.26 Å². The Balaban J connectivity index is 2.37. The van der Waals surface area contributed by atoms with E-state index in [0.717, 1.165) is 35.7 Å². The van der Waals surface area contributed by atoms with Crippen LogP contribution in [0.15, 0.2) is 40.2 Å². The Morgan fingerprint density at radius 1 is 1.25 bits per heavy atom. The molecule has 1 saturated carbocycles. The van der Waals surface area contributed by atoms with Crippen LogP contribution in [0.3, 0.4) is 0 Å². The third kappa shape index (κ3) is 3.72. The Kier molecular flexibility index (Phi) is 5.41. The van der Waals surface area contributed by atoms with E-state index in [2.05, 4.69) is 5.10 Å². The lowest BCUT2D eigenvalue weighted by molar-refractivity contribution is -0.137. The van der Waals surface area contributed by atoms with E-state index in [0.29, 0.717) is 17.5 Å². The second kappa shape index (κ2) is 7.63. The number of aromatic nitrogens is 1. The summed E-state index contributed by atoms with van der Waals surface area (Å²) in [6, 6.07) is 9.16. The maximum Gasteiger partial charge on any atom is 0.417 e. The fourth-order valence-electron chi connectivity index (χ4n) is 3.53. The van der Waals surface area contributed by atoms with Gasteiger partial charge in [-0.1, -0.05) is 37.6 Å². The van der Waals surface area contributed by atoms with E-state index in [1.165, 1.54) is 6.07 Å². The molecule has 3 rings (SSSR count). The Morgan fingerprint density at radius 3 is 2.57 bits per heavy atom. The Bertz CT molecular complexity index is 1030. The van der Waals surface area contributed by atoms with Crippen molar-refractivity contribution in [2.75, 3.05) is 0 Å². The molecule has 1 fully saturated rings. The zero-order valence-corrected chi connectivity index (χ0v) is 15.7. The predicted octanol–water partition coefficient (Wildman–Crippen LogP) is 5.13. The number of alkyl halides is 3. The van der Waals surface area contributed by atoms with Gasteiger partial charge in [-0.3, -0.25) is 4.79 Å². The number of hydrogen-bond donors (Lipinski definition) is 0. The molecule has 1 unspecified atom stereocenters. The first-order chi connectivity index (χ1) is 13.2. The molecule has 7 heteroatoms. The number of rotatable bonds is 2. The highest BCUT2D eigenvalue weighted by atomic mass is 19.4. The standard InChI is InChI=1S/C21H20F3N3O/c1-13-7-3-5-9-15(13)19-11-17(21(22,23)24)16(12-25)20(28)27(19)26-18-10-6-4-8-14(18)2/h3,5,7,9,11,14H,4,6,8,10H2,1-2H3/b26-18-. The summed E-state index contributed by atoms with van der Waals surface area (Å²) < 4.78 is 41.6. The maximum absolute atomic E-state index is 13.5. The van der Waals surface area contributed by atoms with Crippen LogP contribution in [-0.4, -0.2) is 10.4 Å². The third-order valence-corrected chi connectivity index (χ3v) is 5.14. The van der Waals surface area contributed by atoms with Gasteiger partial charge in [-0.05, 0) is 43.7 Å². The minimum atomic E-state index is -4.81. The van der Waals surface area contributed by atoms with Crippen LogP contribution in [0.5, 0.6) is 0 Å². The van der Waals surface area contributed by atoms with Crippen molar-refractivity contribution in [2.24, 2.45) is 11.0 Å². The zero-order valence-electron chi connectivity index (χ0n) is 15.7. The van der Waals surface area contributed by atoms with E-state index in [9.17, 15) is 23.2 Å². The van der Waals surface area contributed by atoms with Crippen LogP contribution >= 0.6 is 0 Å². The number of nitrogens with zero attached hydrogens (tertiary/aromatic N) is 3. The first-order valence-electron chi connectivity index (χ1n) is 9.15. The molecule has 0 saturated heterocycles. The molecule has 1 heterocycles. The molecule has 1 aromatic heterocycles. The van der Waals surface area contributed by atoms with Gasteiger partial charge in [-0.15, -0.1) is 0 Å². The third-order valence-electron chi connectivity index (χ3n) is 5.14. The van der Waals surface area contributed by atoms with Crippen LogP contribution in [0, 0.1) is 24.2 Å². The monoisotopic (exact) mass is 387 g/mol. The average Bonchev–Trinajstić information content (AvgIpc) is 2.64. The summed E-state index contributed by atoms with van der Waals surface area (Å²) in [4.78, 5) is 12.9. The topological polar surface area (TPSA) is 58.1 Å². The summed E-state index contributed by atoms with van der Waals surface area (Å²) in [6.07, 6.45) is -1.24. The SMILES string of the molecule is Cc1ccccc1-c1cc(C(F)(F)F)c(C#N)c(=O)n1/N=C1/CCCCC1C. The molecule has 0 N–H and O–H groups in total. The minimum absolute atomic E-state index is 0.0414. The molecule has 1 aliphatic rings. The van der Waals surface area contributed by atoms with Crippen LogP contribution in [0.4, 0.5) is 13.2 Å². The molecule has 0 spiro atoms. The number of halogens is 3. The highest BCUT2D eigenvalue weighted by Crippen LogP contribution is 2.34. The van der Waals surface area contributed by atoms with Gasteiger partial charge >= 0.3 is 6.18 Å². The van der Waals surface area contributed by atoms with Gasteiger partial charge in [0.25, 0.3) is 5.56 Å². The molecule has 2 aromatic rings. The number of pyridine rings is 1. The zero-order chi connectivity index (χ0) is 20.5. The van der Waals surface area contributed by atoms with Crippen molar-refractivity contribution in [3.63, 3.8) is 0 Å². The first kappa shape index (κ1) is 19.9. The number of aryl methyl sites for hydroxylation is 1. The Morgan fingerprint density at radius 2 is 1.96 bits per heavy atom. The fourth-order valence-corrected chi connectivity index (χ4v) is 3.53. The van der Waals surface area contributed by atoms with Crippen molar-refractivity contribution in [1.82, 2.24) is 4.68 Å². The van der Waals surface area contributed by atoms with Crippen LogP contribution in [-0.2, 0) is 6.18 Å². The number of nitriles is 1. The smallest absolute Gasteiger partial charge is 0.266 e. The van der Waals surface area contributed by atoms with Gasteiger partial charge < -0.3 is 0 Å². The molecule has 0 aliphatic heterocycles. The predicted molar refractivity (Wildman–Crippen MR) is 101 cm³/mol. The molecule has 146 valence electrons. The molecule has 0 amide bonds. The molecule has 0 bridgehead atoms. The summed E-state index contributed by atoms with van der Waals surface area (Å²) >= 11 is 0. The molecule has 1 atom stereocenters. The lowest BCUT2D eigenvalue weighted by Crippen LogP contribution is -2.28. The first-order valence-corrected chi connectivity index (χ1v) is 9.15. The van der Waals surface area contributed by atoms with Crippen LogP contribution < -0.4 is 5.56 Å². The summed E-state index contributed by atoms with van der Waals surface area (Å²) in [6.45, 7) is 3.75. The van der Waals surface area contributed by atoms with Crippen molar-refractivity contribution in [3.05, 3.63) is 57.4 Å². The second-order valence-corrected chi connectivity index (χ2v) is 7.10. The average molecular weight is 387 g/mol.